The van der Waals surface area contributed by atoms with Crippen LogP contribution in [0.4, 0.5) is 0 Å². The standard InChI is InChI=1S/C16H17N3O3/c1-10(2)9-22-15-5-4-13(6-12(15)7-17)19-8-14(16(20)21)11(3)18-19/h4-6,8,10H,9H2,1-3H3,(H,20,21). The fourth-order valence-electron chi connectivity index (χ4n) is 1.93. The molecule has 2 rings (SSSR count). The van der Waals surface area contributed by atoms with Gasteiger partial charge in [-0.05, 0) is 31.0 Å². The van der Waals surface area contributed by atoms with Gasteiger partial charge in [-0.3, -0.25) is 0 Å². The van der Waals surface area contributed by atoms with Crippen molar-refractivity contribution in [3.63, 3.8) is 0 Å². The van der Waals surface area contributed by atoms with Gasteiger partial charge in [0.2, 0.25) is 0 Å². The van der Waals surface area contributed by atoms with E-state index in [0.717, 1.165) is 0 Å². The second-order valence-electron chi connectivity index (χ2n) is 5.38. The van der Waals surface area contributed by atoms with Gasteiger partial charge in [-0.2, -0.15) is 10.4 Å². The summed E-state index contributed by atoms with van der Waals surface area (Å²) < 4.78 is 7.05. The molecule has 0 spiro atoms. The Morgan fingerprint density at radius 1 is 1.50 bits per heavy atom. The summed E-state index contributed by atoms with van der Waals surface area (Å²) in [4.78, 5) is 11.1. The average Bonchev–Trinajstić information content (AvgIpc) is 2.87. The summed E-state index contributed by atoms with van der Waals surface area (Å²) in [5.41, 5.74) is 1.57. The molecule has 0 saturated heterocycles. The van der Waals surface area contributed by atoms with Crippen LogP contribution in [0.2, 0.25) is 0 Å². The van der Waals surface area contributed by atoms with Crippen molar-refractivity contribution in [1.82, 2.24) is 9.78 Å². The summed E-state index contributed by atoms with van der Waals surface area (Å²) in [7, 11) is 0. The van der Waals surface area contributed by atoms with Crippen LogP contribution in [0.15, 0.2) is 24.4 Å². The quantitative estimate of drug-likeness (QED) is 0.917. The van der Waals surface area contributed by atoms with Crippen molar-refractivity contribution >= 4 is 5.97 Å². The molecule has 0 fully saturated rings. The summed E-state index contributed by atoms with van der Waals surface area (Å²) in [6.45, 7) is 6.21. The summed E-state index contributed by atoms with van der Waals surface area (Å²) in [6, 6.07) is 7.17. The maximum Gasteiger partial charge on any atom is 0.339 e. The molecule has 1 heterocycles. The Morgan fingerprint density at radius 2 is 2.23 bits per heavy atom. The van der Waals surface area contributed by atoms with Crippen molar-refractivity contribution in [3.8, 4) is 17.5 Å². The van der Waals surface area contributed by atoms with Gasteiger partial charge >= 0.3 is 5.97 Å². The molecule has 6 heteroatoms. The zero-order valence-corrected chi connectivity index (χ0v) is 12.7. The lowest BCUT2D eigenvalue weighted by Crippen LogP contribution is -2.06. The van der Waals surface area contributed by atoms with Gasteiger partial charge in [0.1, 0.15) is 17.4 Å². The highest BCUT2D eigenvalue weighted by Gasteiger charge is 2.14. The number of nitrogens with zero attached hydrogens (tertiary/aromatic N) is 3. The van der Waals surface area contributed by atoms with Crippen LogP contribution in [0.25, 0.3) is 5.69 Å². The van der Waals surface area contributed by atoms with E-state index in [9.17, 15) is 10.1 Å². The summed E-state index contributed by atoms with van der Waals surface area (Å²) in [5.74, 6) is -0.151. The maximum atomic E-state index is 11.1. The smallest absolute Gasteiger partial charge is 0.339 e. The Balaban J connectivity index is 2.35. The van der Waals surface area contributed by atoms with E-state index < -0.39 is 5.97 Å². The minimum Gasteiger partial charge on any atom is -0.492 e. The first kappa shape index (κ1) is 15.6. The molecule has 0 aliphatic rings. The number of carboxylic acids is 1. The molecule has 0 aliphatic carbocycles. The predicted octanol–water partition coefficient (Wildman–Crippen LogP) is 2.79. The number of hydrogen-bond acceptors (Lipinski definition) is 4. The largest absolute Gasteiger partial charge is 0.492 e. The number of aryl methyl sites for hydroxylation is 1. The number of aromatic nitrogens is 2. The van der Waals surface area contributed by atoms with E-state index in [1.165, 1.54) is 10.9 Å². The molecule has 0 atom stereocenters. The molecule has 1 N–H and O–H groups in total. The number of nitriles is 1. The van der Waals surface area contributed by atoms with E-state index in [0.29, 0.717) is 35.2 Å². The summed E-state index contributed by atoms with van der Waals surface area (Å²) in [6.07, 6.45) is 1.43. The summed E-state index contributed by atoms with van der Waals surface area (Å²) >= 11 is 0. The van der Waals surface area contributed by atoms with Crippen LogP contribution in [0.3, 0.4) is 0 Å². The minimum absolute atomic E-state index is 0.138. The molecule has 0 unspecified atom stereocenters. The van der Waals surface area contributed by atoms with E-state index in [2.05, 4.69) is 11.2 Å². The van der Waals surface area contributed by atoms with E-state index in [1.54, 1.807) is 25.1 Å². The molecule has 0 saturated carbocycles. The highest BCUT2D eigenvalue weighted by atomic mass is 16.5. The Hall–Kier alpha value is -2.81. The molecular formula is C16H17N3O3. The molecule has 0 amide bonds. The second kappa shape index (κ2) is 6.31. The van der Waals surface area contributed by atoms with Gasteiger partial charge in [0.25, 0.3) is 0 Å². The molecule has 1 aromatic heterocycles. The Bertz CT molecular complexity index is 742. The highest BCUT2D eigenvalue weighted by molar-refractivity contribution is 5.88. The van der Waals surface area contributed by atoms with Crippen molar-refractivity contribution in [2.24, 2.45) is 5.92 Å². The lowest BCUT2D eigenvalue weighted by molar-refractivity contribution is 0.0696. The monoisotopic (exact) mass is 299 g/mol. The van der Waals surface area contributed by atoms with Crippen molar-refractivity contribution < 1.29 is 14.6 Å². The van der Waals surface area contributed by atoms with Gasteiger partial charge in [-0.1, -0.05) is 13.8 Å². The van der Waals surface area contributed by atoms with Crippen LogP contribution in [-0.4, -0.2) is 27.5 Å². The van der Waals surface area contributed by atoms with Crippen molar-refractivity contribution in [1.29, 1.82) is 5.26 Å². The lowest BCUT2D eigenvalue weighted by atomic mass is 10.2. The molecule has 2 aromatic rings. The molecule has 22 heavy (non-hydrogen) atoms. The molecule has 6 nitrogen and oxygen atoms in total. The van der Waals surface area contributed by atoms with E-state index in [4.69, 9.17) is 9.84 Å². The van der Waals surface area contributed by atoms with Gasteiger partial charge in [0, 0.05) is 6.20 Å². The van der Waals surface area contributed by atoms with Crippen LogP contribution in [-0.2, 0) is 0 Å². The molecule has 0 bridgehead atoms. The Morgan fingerprint density at radius 3 is 2.77 bits per heavy atom. The molecule has 1 aromatic carbocycles. The van der Waals surface area contributed by atoms with E-state index in [-0.39, 0.29) is 5.56 Å². The highest BCUT2D eigenvalue weighted by Crippen LogP contribution is 2.22. The third kappa shape index (κ3) is 3.26. The number of aromatic carboxylic acids is 1. The zero-order chi connectivity index (χ0) is 16.3. The van der Waals surface area contributed by atoms with Crippen LogP contribution in [0.5, 0.6) is 5.75 Å². The van der Waals surface area contributed by atoms with E-state index >= 15 is 0 Å². The lowest BCUT2D eigenvalue weighted by Gasteiger charge is -2.11. The first-order chi connectivity index (χ1) is 10.4. The maximum absolute atomic E-state index is 11.1. The Labute approximate surface area is 128 Å². The van der Waals surface area contributed by atoms with Gasteiger partial charge in [-0.25, -0.2) is 9.48 Å². The first-order valence-electron chi connectivity index (χ1n) is 6.89. The Kier molecular flexibility index (Phi) is 4.47. The summed E-state index contributed by atoms with van der Waals surface area (Å²) in [5, 5.41) is 22.5. The van der Waals surface area contributed by atoms with Gasteiger partial charge in [-0.15, -0.1) is 0 Å². The number of hydrogen-bond donors (Lipinski definition) is 1. The minimum atomic E-state index is -1.03. The second-order valence-corrected chi connectivity index (χ2v) is 5.38. The van der Waals surface area contributed by atoms with Crippen LogP contribution >= 0.6 is 0 Å². The molecule has 0 radical (unpaired) electrons. The van der Waals surface area contributed by atoms with Crippen molar-refractivity contribution in [3.05, 3.63) is 41.2 Å². The fourth-order valence-corrected chi connectivity index (χ4v) is 1.93. The predicted molar refractivity (Wildman–Crippen MR) is 80.3 cm³/mol. The molecule has 0 aliphatic heterocycles. The number of rotatable bonds is 5. The molecular weight excluding hydrogens is 282 g/mol. The van der Waals surface area contributed by atoms with Gasteiger partial charge in [0.05, 0.1) is 23.6 Å². The average molecular weight is 299 g/mol. The van der Waals surface area contributed by atoms with Crippen molar-refractivity contribution in [2.75, 3.05) is 6.61 Å². The fraction of sp³-hybridized carbons (Fsp3) is 0.312. The topological polar surface area (TPSA) is 88.1 Å². The normalized spacial score (nSPS) is 10.5. The third-order valence-electron chi connectivity index (χ3n) is 3.05. The third-order valence-corrected chi connectivity index (χ3v) is 3.05. The van der Waals surface area contributed by atoms with Crippen LogP contribution in [0.1, 0.15) is 35.5 Å². The van der Waals surface area contributed by atoms with Crippen molar-refractivity contribution in [2.45, 2.75) is 20.8 Å². The first-order valence-corrected chi connectivity index (χ1v) is 6.89. The van der Waals surface area contributed by atoms with E-state index in [1.807, 2.05) is 13.8 Å². The van der Waals surface area contributed by atoms with Gasteiger partial charge in [0.15, 0.2) is 0 Å². The van der Waals surface area contributed by atoms with Gasteiger partial charge < -0.3 is 9.84 Å². The number of ether oxygens (including phenoxy) is 1. The SMILES string of the molecule is Cc1nn(-c2ccc(OCC(C)C)c(C#N)c2)cc1C(=O)O. The number of benzene rings is 1. The zero-order valence-electron chi connectivity index (χ0n) is 12.7. The molecule has 114 valence electrons. The van der Waals surface area contributed by atoms with Crippen LogP contribution < -0.4 is 4.74 Å². The number of carbonyl (C=O) groups is 1. The van der Waals surface area contributed by atoms with Crippen LogP contribution in [0, 0.1) is 24.2 Å². The number of carboxylic acid groups (broad SMARTS) is 1.